The zero-order valence-electron chi connectivity index (χ0n) is 12.0. The van der Waals surface area contributed by atoms with Gasteiger partial charge in [0.15, 0.2) is 5.78 Å². The molecule has 0 aromatic rings. The van der Waals surface area contributed by atoms with E-state index in [1.165, 1.54) is 6.42 Å². The summed E-state index contributed by atoms with van der Waals surface area (Å²) in [5.74, 6) is 1.94. The lowest BCUT2D eigenvalue weighted by atomic mass is 9.70. The highest BCUT2D eigenvalue weighted by Crippen LogP contribution is 2.37. The lowest BCUT2D eigenvalue weighted by molar-refractivity contribution is -0.112. The van der Waals surface area contributed by atoms with Crippen LogP contribution in [0.2, 0.25) is 0 Å². The molecule has 0 fully saturated rings. The van der Waals surface area contributed by atoms with Gasteiger partial charge in [-0.3, -0.25) is 4.79 Å². The lowest BCUT2D eigenvalue weighted by Gasteiger charge is -2.35. The van der Waals surface area contributed by atoms with Crippen molar-refractivity contribution in [3.63, 3.8) is 0 Å². The van der Waals surface area contributed by atoms with Crippen LogP contribution in [-0.2, 0) is 4.79 Å². The average molecular weight is 224 g/mol. The summed E-state index contributed by atoms with van der Waals surface area (Å²) in [5, 5.41) is 0. The predicted octanol–water partition coefficient (Wildman–Crippen LogP) is 4.48. The van der Waals surface area contributed by atoms with Gasteiger partial charge in [-0.2, -0.15) is 0 Å². The van der Waals surface area contributed by atoms with Gasteiger partial charge < -0.3 is 0 Å². The second kappa shape index (κ2) is 6.22. The highest BCUT2D eigenvalue weighted by Gasteiger charge is 2.28. The number of rotatable bonds is 5. The molecule has 0 rings (SSSR count). The largest absolute Gasteiger partial charge is 0.295 e. The van der Waals surface area contributed by atoms with Crippen LogP contribution < -0.4 is 0 Å². The van der Waals surface area contributed by atoms with Crippen LogP contribution in [0.15, 0.2) is 12.2 Å². The van der Waals surface area contributed by atoms with E-state index in [1.54, 1.807) is 13.0 Å². The van der Waals surface area contributed by atoms with E-state index in [-0.39, 0.29) is 5.78 Å². The highest BCUT2D eigenvalue weighted by molar-refractivity contribution is 5.87. The number of allylic oxidation sites excluding steroid dienone is 2. The van der Waals surface area contributed by atoms with Gasteiger partial charge in [0.1, 0.15) is 0 Å². The molecule has 0 saturated heterocycles. The Bertz CT molecular complexity index is 243. The van der Waals surface area contributed by atoms with Crippen LogP contribution in [0.25, 0.3) is 0 Å². The minimum Gasteiger partial charge on any atom is -0.295 e. The molecular weight excluding hydrogens is 196 g/mol. The Labute approximate surface area is 101 Å². The molecule has 16 heavy (non-hydrogen) atoms. The number of hydrogen-bond donors (Lipinski definition) is 0. The third-order valence-corrected chi connectivity index (χ3v) is 3.11. The molecule has 0 aliphatic carbocycles. The van der Waals surface area contributed by atoms with Crippen molar-refractivity contribution in [2.45, 2.75) is 54.9 Å². The standard InChI is InChI=1S/C15H28O/c1-11(2)10-14(15(5,6)7)12(3)8-9-13(4)16/h8-9,11-12,14H,10H2,1-7H3/b9-8-. The maximum atomic E-state index is 11.0. The summed E-state index contributed by atoms with van der Waals surface area (Å²) in [6.07, 6.45) is 5.00. The predicted molar refractivity (Wildman–Crippen MR) is 71.4 cm³/mol. The third-order valence-electron chi connectivity index (χ3n) is 3.11. The molecule has 0 spiro atoms. The van der Waals surface area contributed by atoms with Crippen LogP contribution in [-0.4, -0.2) is 5.78 Å². The first kappa shape index (κ1) is 15.4. The SMILES string of the molecule is CC(=O)/C=C\C(C)C(CC(C)C)C(C)(C)C. The molecule has 0 aromatic carbocycles. The van der Waals surface area contributed by atoms with Crippen molar-refractivity contribution < 1.29 is 4.79 Å². The zero-order chi connectivity index (χ0) is 12.9. The summed E-state index contributed by atoms with van der Waals surface area (Å²) in [6, 6.07) is 0. The van der Waals surface area contributed by atoms with Crippen molar-refractivity contribution in [3.05, 3.63) is 12.2 Å². The summed E-state index contributed by atoms with van der Waals surface area (Å²) in [7, 11) is 0. The normalized spacial score (nSPS) is 16.8. The lowest BCUT2D eigenvalue weighted by Crippen LogP contribution is -2.27. The van der Waals surface area contributed by atoms with Crippen molar-refractivity contribution in [1.29, 1.82) is 0 Å². The summed E-state index contributed by atoms with van der Waals surface area (Å²) in [4.78, 5) is 11.0. The minimum atomic E-state index is 0.143. The van der Waals surface area contributed by atoms with Gasteiger partial charge in [-0.25, -0.2) is 0 Å². The van der Waals surface area contributed by atoms with Crippen molar-refractivity contribution in [1.82, 2.24) is 0 Å². The molecule has 0 amide bonds. The van der Waals surface area contributed by atoms with E-state index in [9.17, 15) is 4.79 Å². The molecule has 2 atom stereocenters. The highest BCUT2D eigenvalue weighted by atomic mass is 16.1. The van der Waals surface area contributed by atoms with Gasteiger partial charge in [0.25, 0.3) is 0 Å². The van der Waals surface area contributed by atoms with Gasteiger partial charge >= 0.3 is 0 Å². The van der Waals surface area contributed by atoms with Gasteiger partial charge in [0.05, 0.1) is 0 Å². The first-order valence-electron chi connectivity index (χ1n) is 6.33. The van der Waals surface area contributed by atoms with Gasteiger partial charge in [-0.1, -0.05) is 47.6 Å². The van der Waals surface area contributed by atoms with Gasteiger partial charge in [0, 0.05) is 0 Å². The van der Waals surface area contributed by atoms with Crippen molar-refractivity contribution in [2.75, 3.05) is 0 Å². The molecule has 1 nitrogen and oxygen atoms in total. The monoisotopic (exact) mass is 224 g/mol. The molecule has 0 radical (unpaired) electrons. The number of carbonyl (C=O) groups excluding carboxylic acids is 1. The Kier molecular flexibility index (Phi) is 5.99. The molecule has 0 N–H and O–H groups in total. The van der Waals surface area contributed by atoms with E-state index in [1.807, 2.05) is 0 Å². The van der Waals surface area contributed by atoms with Crippen LogP contribution in [0, 0.1) is 23.2 Å². The maximum absolute atomic E-state index is 11.0. The zero-order valence-corrected chi connectivity index (χ0v) is 12.0. The van der Waals surface area contributed by atoms with E-state index in [0.717, 1.165) is 0 Å². The van der Waals surface area contributed by atoms with Crippen LogP contribution in [0.3, 0.4) is 0 Å². The minimum absolute atomic E-state index is 0.143. The van der Waals surface area contributed by atoms with E-state index in [0.29, 0.717) is 23.2 Å². The van der Waals surface area contributed by atoms with Gasteiger partial charge in [0.2, 0.25) is 0 Å². The molecule has 0 aliphatic rings. The smallest absolute Gasteiger partial charge is 0.152 e. The molecule has 0 heterocycles. The second-order valence-electron chi connectivity index (χ2n) is 6.43. The Hall–Kier alpha value is -0.590. The maximum Gasteiger partial charge on any atom is 0.152 e. The second-order valence-corrected chi connectivity index (χ2v) is 6.43. The molecule has 1 heteroatoms. The van der Waals surface area contributed by atoms with Gasteiger partial charge in [-0.05, 0) is 42.6 Å². The first-order valence-corrected chi connectivity index (χ1v) is 6.33. The fourth-order valence-electron chi connectivity index (χ4n) is 2.29. The fraction of sp³-hybridized carbons (Fsp3) is 0.800. The third kappa shape index (κ3) is 6.09. The molecule has 0 aliphatic heterocycles. The molecule has 0 aromatic heterocycles. The molecule has 94 valence electrons. The fourth-order valence-corrected chi connectivity index (χ4v) is 2.29. The van der Waals surface area contributed by atoms with Crippen LogP contribution in [0.5, 0.6) is 0 Å². The van der Waals surface area contributed by atoms with E-state index < -0.39 is 0 Å². The van der Waals surface area contributed by atoms with Crippen molar-refractivity contribution in [2.24, 2.45) is 23.2 Å². The Morgan fingerprint density at radius 1 is 1.19 bits per heavy atom. The number of hydrogen-bond acceptors (Lipinski definition) is 1. The Morgan fingerprint density at radius 3 is 2.00 bits per heavy atom. The number of ketones is 1. The van der Waals surface area contributed by atoms with E-state index in [2.05, 4.69) is 47.6 Å². The topological polar surface area (TPSA) is 17.1 Å². The van der Waals surface area contributed by atoms with Crippen molar-refractivity contribution in [3.8, 4) is 0 Å². The van der Waals surface area contributed by atoms with Crippen LogP contribution in [0.4, 0.5) is 0 Å². The summed E-state index contributed by atoms with van der Waals surface area (Å²) in [5.41, 5.74) is 0.296. The average Bonchev–Trinajstić information content (AvgIpc) is 2.08. The molecular formula is C15H28O. The Morgan fingerprint density at radius 2 is 1.69 bits per heavy atom. The van der Waals surface area contributed by atoms with Crippen molar-refractivity contribution >= 4 is 5.78 Å². The summed E-state index contributed by atoms with van der Waals surface area (Å²) in [6.45, 7) is 15.2. The van der Waals surface area contributed by atoms with Gasteiger partial charge in [-0.15, -0.1) is 0 Å². The quantitative estimate of drug-likeness (QED) is 0.629. The molecule has 2 unspecified atom stereocenters. The van der Waals surface area contributed by atoms with Crippen LogP contribution >= 0.6 is 0 Å². The first-order chi connectivity index (χ1) is 7.14. The van der Waals surface area contributed by atoms with E-state index in [4.69, 9.17) is 0 Å². The van der Waals surface area contributed by atoms with Crippen LogP contribution in [0.1, 0.15) is 54.9 Å². The van der Waals surface area contributed by atoms with E-state index >= 15 is 0 Å². The number of carbonyl (C=O) groups is 1. The Balaban J connectivity index is 4.69. The summed E-state index contributed by atoms with van der Waals surface area (Å²) >= 11 is 0. The molecule has 0 saturated carbocycles. The molecule has 0 bridgehead atoms. The summed E-state index contributed by atoms with van der Waals surface area (Å²) < 4.78 is 0.